The molecule has 2 aliphatic rings. The van der Waals surface area contributed by atoms with Gasteiger partial charge in [0.2, 0.25) is 0 Å². The van der Waals surface area contributed by atoms with E-state index >= 15 is 0 Å². The van der Waals surface area contributed by atoms with Gasteiger partial charge in [0.15, 0.2) is 8.32 Å². The fourth-order valence-electron chi connectivity index (χ4n) is 4.16. The number of carboxylic acids is 1. The lowest BCUT2D eigenvalue weighted by molar-refractivity contribution is -0.137. The molecular formula is C21H38O5Si. The molecule has 2 bridgehead atoms. The van der Waals surface area contributed by atoms with Gasteiger partial charge in [0.05, 0.1) is 18.3 Å². The van der Waals surface area contributed by atoms with Crippen LogP contribution in [0, 0.1) is 11.8 Å². The van der Waals surface area contributed by atoms with Crippen molar-refractivity contribution in [2.24, 2.45) is 11.8 Å². The van der Waals surface area contributed by atoms with Crippen LogP contribution in [0.5, 0.6) is 0 Å². The Morgan fingerprint density at radius 2 is 1.96 bits per heavy atom. The van der Waals surface area contributed by atoms with Crippen LogP contribution in [-0.2, 0) is 14.0 Å². The van der Waals surface area contributed by atoms with Crippen LogP contribution in [0.15, 0.2) is 11.6 Å². The van der Waals surface area contributed by atoms with Gasteiger partial charge >= 0.3 is 5.97 Å². The van der Waals surface area contributed by atoms with Crippen LogP contribution in [0.25, 0.3) is 0 Å². The number of unbranched alkanes of at least 4 members (excludes halogenated alkanes) is 2. The molecule has 0 spiro atoms. The van der Waals surface area contributed by atoms with Crippen molar-refractivity contribution in [1.82, 2.24) is 0 Å². The molecule has 6 heteroatoms. The summed E-state index contributed by atoms with van der Waals surface area (Å²) in [5.41, 5.74) is 1.25. The lowest BCUT2D eigenvalue weighted by atomic mass is 9.74. The molecule has 0 aromatic heterocycles. The van der Waals surface area contributed by atoms with Crippen LogP contribution < -0.4 is 0 Å². The van der Waals surface area contributed by atoms with Gasteiger partial charge in [0, 0.05) is 31.3 Å². The van der Waals surface area contributed by atoms with E-state index in [1.165, 1.54) is 5.57 Å². The molecule has 0 aromatic rings. The van der Waals surface area contributed by atoms with Crippen molar-refractivity contribution < 1.29 is 24.2 Å². The van der Waals surface area contributed by atoms with Crippen molar-refractivity contribution in [1.29, 1.82) is 0 Å². The third-order valence-corrected chi connectivity index (χ3v) is 11.3. The average Bonchev–Trinajstić information content (AvgIpc) is 3.09. The molecule has 0 aromatic carbocycles. The predicted molar refractivity (Wildman–Crippen MR) is 109 cm³/mol. The van der Waals surface area contributed by atoms with Crippen molar-refractivity contribution in [2.75, 3.05) is 6.61 Å². The van der Waals surface area contributed by atoms with Crippen LogP contribution in [0.1, 0.15) is 59.8 Å². The van der Waals surface area contributed by atoms with E-state index in [0.29, 0.717) is 6.42 Å². The Balaban J connectivity index is 2.03. The van der Waals surface area contributed by atoms with E-state index in [1.807, 2.05) is 0 Å². The first-order chi connectivity index (χ1) is 12.5. The summed E-state index contributed by atoms with van der Waals surface area (Å²) in [5, 5.41) is 18.8. The minimum Gasteiger partial charge on any atom is -0.481 e. The van der Waals surface area contributed by atoms with Crippen molar-refractivity contribution >= 4 is 14.3 Å². The summed E-state index contributed by atoms with van der Waals surface area (Å²) in [5.74, 6) is -0.393. The smallest absolute Gasteiger partial charge is 0.303 e. The monoisotopic (exact) mass is 398 g/mol. The molecular weight excluding hydrogens is 360 g/mol. The van der Waals surface area contributed by atoms with Crippen molar-refractivity contribution in [3.05, 3.63) is 11.6 Å². The Labute approximate surface area is 165 Å². The first-order valence-electron chi connectivity index (χ1n) is 10.3. The van der Waals surface area contributed by atoms with Gasteiger partial charge in [-0.2, -0.15) is 0 Å². The first-order valence-corrected chi connectivity index (χ1v) is 13.2. The van der Waals surface area contributed by atoms with Gasteiger partial charge < -0.3 is 19.4 Å². The molecule has 2 rings (SSSR count). The van der Waals surface area contributed by atoms with E-state index in [2.05, 4.69) is 46.9 Å². The second-order valence-corrected chi connectivity index (χ2v) is 14.5. The van der Waals surface area contributed by atoms with Gasteiger partial charge in [0.1, 0.15) is 0 Å². The second kappa shape index (κ2) is 8.76. The van der Waals surface area contributed by atoms with Crippen LogP contribution in [-0.4, -0.2) is 49.4 Å². The zero-order chi connectivity index (χ0) is 20.4. The summed E-state index contributed by atoms with van der Waals surface area (Å²) in [4.78, 5) is 10.6. The molecule has 27 heavy (non-hydrogen) atoms. The molecule has 0 amide bonds. The molecule has 5 nitrogen and oxygen atoms in total. The number of hydrogen-bond acceptors (Lipinski definition) is 4. The van der Waals surface area contributed by atoms with E-state index < -0.39 is 14.3 Å². The molecule has 2 saturated heterocycles. The summed E-state index contributed by atoms with van der Waals surface area (Å²) in [6.45, 7) is 13.6. The number of hydrogen-bond donors (Lipinski definition) is 2. The molecule has 2 aliphatic heterocycles. The fraction of sp³-hybridized carbons (Fsp3) is 0.857. The highest BCUT2D eigenvalue weighted by Crippen LogP contribution is 2.50. The van der Waals surface area contributed by atoms with E-state index in [4.69, 9.17) is 14.3 Å². The van der Waals surface area contributed by atoms with E-state index in [0.717, 1.165) is 19.3 Å². The highest BCUT2D eigenvalue weighted by Gasteiger charge is 2.56. The SMILES string of the molecule is C/C(=C/CCCCC(=O)O)[C@@H]1[C@H](CO)[C@@H]2C[C@@H](O[Si](C)(C)C(C)(C)C)[C@H]1O2. The number of aliphatic carboxylic acids is 1. The number of ether oxygens (including phenoxy) is 1. The van der Waals surface area contributed by atoms with Gasteiger partial charge in [-0.15, -0.1) is 0 Å². The molecule has 0 aliphatic carbocycles. The fourth-order valence-corrected chi connectivity index (χ4v) is 5.50. The summed E-state index contributed by atoms with van der Waals surface area (Å²) in [7, 11) is -1.87. The summed E-state index contributed by atoms with van der Waals surface area (Å²) in [6, 6.07) is 0. The number of allylic oxidation sites excluding steroid dienone is 1. The van der Waals surface area contributed by atoms with E-state index in [-0.39, 0.29) is 48.2 Å². The molecule has 2 heterocycles. The standard InChI is InChI=1S/C21H38O5Si/c1-14(10-8-7-9-11-18(23)24)19-15(13-22)16-12-17(20(19)25-16)26-27(5,6)21(2,3)4/h10,15-17,19-20,22H,7-9,11-13H2,1-6H3,(H,23,24)/b14-10-/t15-,16+,17-,19-,20-/m1/s1. The Morgan fingerprint density at radius 3 is 2.52 bits per heavy atom. The number of aliphatic hydroxyl groups excluding tert-OH is 1. The second-order valence-electron chi connectivity index (χ2n) is 9.75. The molecule has 0 saturated carbocycles. The highest BCUT2D eigenvalue weighted by atomic mass is 28.4. The van der Waals surface area contributed by atoms with Gasteiger partial charge in [-0.1, -0.05) is 32.4 Å². The normalized spacial score (nSPS) is 31.5. The number of rotatable bonds is 9. The molecule has 2 N–H and O–H groups in total. The summed E-state index contributed by atoms with van der Waals surface area (Å²) in [6.07, 6.45) is 5.98. The minimum absolute atomic E-state index is 0.0246. The number of carboxylic acid groups (broad SMARTS) is 1. The van der Waals surface area contributed by atoms with Crippen LogP contribution in [0.4, 0.5) is 0 Å². The number of carbonyl (C=O) groups is 1. The average molecular weight is 399 g/mol. The van der Waals surface area contributed by atoms with Gasteiger partial charge in [-0.3, -0.25) is 4.79 Å². The zero-order valence-electron chi connectivity index (χ0n) is 17.8. The minimum atomic E-state index is -1.87. The van der Waals surface area contributed by atoms with Crippen molar-refractivity contribution in [3.8, 4) is 0 Å². The van der Waals surface area contributed by atoms with Crippen LogP contribution >= 0.6 is 0 Å². The number of fused-ring (bicyclic) bond motifs is 2. The maximum absolute atomic E-state index is 10.6. The molecule has 0 radical (unpaired) electrons. The summed E-state index contributed by atoms with van der Waals surface area (Å²) < 4.78 is 12.9. The summed E-state index contributed by atoms with van der Waals surface area (Å²) >= 11 is 0. The lowest BCUT2D eigenvalue weighted by Crippen LogP contribution is -2.49. The molecule has 2 fully saturated rings. The van der Waals surface area contributed by atoms with Gasteiger partial charge in [-0.05, 0) is 44.3 Å². The van der Waals surface area contributed by atoms with E-state index in [9.17, 15) is 9.90 Å². The molecule has 0 unspecified atom stereocenters. The maximum atomic E-state index is 10.6. The van der Waals surface area contributed by atoms with Crippen molar-refractivity contribution in [2.45, 2.75) is 96.2 Å². The first kappa shape index (κ1) is 22.6. The molecule has 156 valence electrons. The quantitative estimate of drug-likeness (QED) is 0.343. The Kier molecular flexibility index (Phi) is 7.33. The third-order valence-electron chi connectivity index (χ3n) is 6.76. The van der Waals surface area contributed by atoms with Gasteiger partial charge in [0.25, 0.3) is 0 Å². The lowest BCUT2D eigenvalue weighted by Gasteiger charge is -2.42. The zero-order valence-corrected chi connectivity index (χ0v) is 18.8. The third kappa shape index (κ3) is 5.22. The topological polar surface area (TPSA) is 76.0 Å². The van der Waals surface area contributed by atoms with Crippen LogP contribution in [0.2, 0.25) is 18.1 Å². The molecule has 5 atom stereocenters. The van der Waals surface area contributed by atoms with Crippen molar-refractivity contribution in [3.63, 3.8) is 0 Å². The Bertz CT molecular complexity index is 551. The number of aliphatic hydroxyl groups is 1. The van der Waals surface area contributed by atoms with E-state index in [1.54, 1.807) is 0 Å². The Morgan fingerprint density at radius 1 is 1.30 bits per heavy atom. The largest absolute Gasteiger partial charge is 0.481 e. The van der Waals surface area contributed by atoms with Crippen LogP contribution in [0.3, 0.4) is 0 Å². The Hall–Kier alpha value is -0.693. The highest BCUT2D eigenvalue weighted by molar-refractivity contribution is 6.74. The van der Waals surface area contributed by atoms with Gasteiger partial charge in [-0.25, -0.2) is 0 Å². The maximum Gasteiger partial charge on any atom is 0.303 e. The predicted octanol–water partition coefficient (Wildman–Crippen LogP) is 4.36.